The fourth-order valence-corrected chi connectivity index (χ4v) is 2.54. The monoisotopic (exact) mass is 289 g/mol. The van der Waals surface area contributed by atoms with Gasteiger partial charge in [0.25, 0.3) is 0 Å². The Hall–Kier alpha value is -1.87. The van der Waals surface area contributed by atoms with Crippen LogP contribution in [0.2, 0.25) is 5.02 Å². The first-order valence-electron chi connectivity index (χ1n) is 6.46. The molecule has 102 valence electrons. The molecule has 0 spiro atoms. The van der Waals surface area contributed by atoms with Crippen molar-refractivity contribution in [3.63, 3.8) is 0 Å². The average molecular weight is 290 g/mol. The van der Waals surface area contributed by atoms with Gasteiger partial charge in [0, 0.05) is 11.6 Å². The highest BCUT2D eigenvalue weighted by Gasteiger charge is 2.43. The molecule has 1 aliphatic rings. The summed E-state index contributed by atoms with van der Waals surface area (Å²) in [5.74, 6) is -0.256. The molecule has 1 fully saturated rings. The topological polar surface area (TPSA) is 29.1 Å². The summed E-state index contributed by atoms with van der Waals surface area (Å²) in [6, 6.07) is 14.2. The lowest BCUT2D eigenvalue weighted by molar-refractivity contribution is -0.117. The molecule has 1 N–H and O–H groups in total. The first kappa shape index (κ1) is 13.1. The summed E-state index contributed by atoms with van der Waals surface area (Å²) in [6.45, 7) is 0. The number of carbonyl (C=O) groups is 1. The van der Waals surface area contributed by atoms with E-state index in [-0.39, 0.29) is 22.8 Å². The van der Waals surface area contributed by atoms with Crippen LogP contribution in [-0.2, 0) is 4.79 Å². The van der Waals surface area contributed by atoms with E-state index in [1.807, 2.05) is 30.3 Å². The van der Waals surface area contributed by atoms with Crippen LogP contribution >= 0.6 is 11.6 Å². The van der Waals surface area contributed by atoms with Gasteiger partial charge in [0.05, 0.1) is 5.02 Å². The second-order valence-electron chi connectivity index (χ2n) is 4.98. The number of anilines is 1. The Kier molecular flexibility index (Phi) is 3.45. The first-order chi connectivity index (χ1) is 9.65. The fourth-order valence-electron chi connectivity index (χ4n) is 2.36. The highest BCUT2D eigenvalue weighted by Crippen LogP contribution is 2.47. The molecule has 0 aliphatic heterocycles. The van der Waals surface area contributed by atoms with Crippen molar-refractivity contribution in [2.24, 2.45) is 5.92 Å². The standard InChI is InChI=1S/C16H13ClFNO/c17-14-8-11(6-7-15(14)18)19-16(20)13-9-12(13)10-4-2-1-3-5-10/h1-8,12-13H,9H2,(H,19,20)/t12-,13+/m0/s1. The molecule has 0 radical (unpaired) electrons. The van der Waals surface area contributed by atoms with E-state index in [2.05, 4.69) is 5.32 Å². The lowest BCUT2D eigenvalue weighted by Crippen LogP contribution is -2.14. The molecule has 0 bridgehead atoms. The van der Waals surface area contributed by atoms with Crippen molar-refractivity contribution in [2.45, 2.75) is 12.3 Å². The molecule has 0 heterocycles. The Bertz CT molecular complexity index is 644. The number of carbonyl (C=O) groups excluding carboxylic acids is 1. The van der Waals surface area contributed by atoms with E-state index in [1.54, 1.807) is 0 Å². The maximum atomic E-state index is 13.0. The summed E-state index contributed by atoms with van der Waals surface area (Å²) in [5.41, 5.74) is 1.71. The normalized spacial score (nSPS) is 20.5. The van der Waals surface area contributed by atoms with Crippen LogP contribution in [0.3, 0.4) is 0 Å². The van der Waals surface area contributed by atoms with Gasteiger partial charge >= 0.3 is 0 Å². The molecule has 2 aromatic rings. The second-order valence-corrected chi connectivity index (χ2v) is 5.38. The van der Waals surface area contributed by atoms with Crippen LogP contribution < -0.4 is 5.32 Å². The van der Waals surface area contributed by atoms with Crippen molar-refractivity contribution in [1.29, 1.82) is 0 Å². The van der Waals surface area contributed by atoms with Gasteiger partial charge in [-0.3, -0.25) is 4.79 Å². The van der Waals surface area contributed by atoms with Gasteiger partial charge in [-0.05, 0) is 36.1 Å². The summed E-state index contributed by atoms with van der Waals surface area (Å²) in [6.07, 6.45) is 0.852. The van der Waals surface area contributed by atoms with Crippen LogP contribution in [0, 0.1) is 11.7 Å². The molecule has 2 atom stereocenters. The van der Waals surface area contributed by atoms with Gasteiger partial charge < -0.3 is 5.32 Å². The van der Waals surface area contributed by atoms with Crippen LogP contribution in [0.4, 0.5) is 10.1 Å². The van der Waals surface area contributed by atoms with Crippen molar-refractivity contribution < 1.29 is 9.18 Å². The predicted molar refractivity (Wildman–Crippen MR) is 77.3 cm³/mol. The Labute approximate surface area is 121 Å². The molecule has 1 saturated carbocycles. The molecule has 2 nitrogen and oxygen atoms in total. The summed E-state index contributed by atoms with van der Waals surface area (Å²) in [7, 11) is 0. The zero-order chi connectivity index (χ0) is 14.1. The SMILES string of the molecule is O=C(Nc1ccc(F)c(Cl)c1)[C@@H]1C[C@H]1c1ccccc1. The second kappa shape index (κ2) is 5.25. The molecule has 1 aliphatic carbocycles. The lowest BCUT2D eigenvalue weighted by atomic mass is 10.1. The van der Waals surface area contributed by atoms with Gasteiger partial charge in [-0.15, -0.1) is 0 Å². The zero-order valence-corrected chi connectivity index (χ0v) is 11.4. The Morgan fingerprint density at radius 3 is 2.65 bits per heavy atom. The highest BCUT2D eigenvalue weighted by atomic mass is 35.5. The number of hydrogen-bond donors (Lipinski definition) is 1. The smallest absolute Gasteiger partial charge is 0.228 e. The van der Waals surface area contributed by atoms with Crippen molar-refractivity contribution in [2.75, 3.05) is 5.32 Å². The van der Waals surface area contributed by atoms with E-state index in [1.165, 1.54) is 23.8 Å². The average Bonchev–Trinajstić information content (AvgIpc) is 3.24. The molecule has 0 unspecified atom stereocenters. The number of benzene rings is 2. The molecule has 0 aromatic heterocycles. The molecule has 4 heteroatoms. The fraction of sp³-hybridized carbons (Fsp3) is 0.188. The number of halogens is 2. The Balaban J connectivity index is 1.65. The molecule has 1 amide bonds. The molecule has 20 heavy (non-hydrogen) atoms. The molecule has 0 saturated heterocycles. The van der Waals surface area contributed by atoms with Crippen molar-refractivity contribution in [3.05, 3.63) is 64.9 Å². The minimum atomic E-state index is -0.488. The van der Waals surface area contributed by atoms with Gasteiger partial charge in [-0.2, -0.15) is 0 Å². The minimum Gasteiger partial charge on any atom is -0.326 e. The molecular weight excluding hydrogens is 277 g/mol. The summed E-state index contributed by atoms with van der Waals surface area (Å²) in [4.78, 5) is 12.1. The quantitative estimate of drug-likeness (QED) is 0.900. The van der Waals surface area contributed by atoms with E-state index >= 15 is 0 Å². The van der Waals surface area contributed by atoms with E-state index in [4.69, 9.17) is 11.6 Å². The van der Waals surface area contributed by atoms with Crippen LogP contribution in [-0.4, -0.2) is 5.91 Å². The Morgan fingerprint density at radius 1 is 1.20 bits per heavy atom. The molecule has 2 aromatic carbocycles. The van der Waals surface area contributed by atoms with Crippen molar-refractivity contribution in [3.8, 4) is 0 Å². The van der Waals surface area contributed by atoms with E-state index in [0.29, 0.717) is 5.69 Å². The van der Waals surface area contributed by atoms with E-state index < -0.39 is 5.82 Å². The van der Waals surface area contributed by atoms with Crippen molar-refractivity contribution in [1.82, 2.24) is 0 Å². The third-order valence-corrected chi connectivity index (χ3v) is 3.83. The van der Waals surface area contributed by atoms with Crippen LogP contribution in [0.5, 0.6) is 0 Å². The number of rotatable bonds is 3. The van der Waals surface area contributed by atoms with Gasteiger partial charge in [0.2, 0.25) is 5.91 Å². The summed E-state index contributed by atoms with van der Waals surface area (Å²) >= 11 is 5.69. The first-order valence-corrected chi connectivity index (χ1v) is 6.84. The van der Waals surface area contributed by atoms with Crippen LogP contribution in [0.15, 0.2) is 48.5 Å². The van der Waals surface area contributed by atoms with Crippen LogP contribution in [0.25, 0.3) is 0 Å². The third kappa shape index (κ3) is 2.68. The molecular formula is C16H13ClFNO. The minimum absolute atomic E-state index is 0.0122. The van der Waals surface area contributed by atoms with Crippen molar-refractivity contribution >= 4 is 23.2 Å². The van der Waals surface area contributed by atoms with E-state index in [0.717, 1.165) is 6.42 Å². The predicted octanol–water partition coefficient (Wildman–Crippen LogP) is 4.22. The van der Waals surface area contributed by atoms with E-state index in [9.17, 15) is 9.18 Å². The maximum absolute atomic E-state index is 13.0. The van der Waals surface area contributed by atoms with Gasteiger partial charge in [0.15, 0.2) is 0 Å². The molecule has 3 rings (SSSR count). The Morgan fingerprint density at radius 2 is 1.95 bits per heavy atom. The summed E-state index contributed by atoms with van der Waals surface area (Å²) in [5, 5.41) is 2.79. The van der Waals surface area contributed by atoms with Gasteiger partial charge in [0.1, 0.15) is 5.82 Å². The largest absolute Gasteiger partial charge is 0.326 e. The maximum Gasteiger partial charge on any atom is 0.228 e. The zero-order valence-electron chi connectivity index (χ0n) is 10.6. The third-order valence-electron chi connectivity index (χ3n) is 3.54. The summed E-state index contributed by atoms with van der Waals surface area (Å²) < 4.78 is 13.0. The van der Waals surface area contributed by atoms with Gasteiger partial charge in [-0.25, -0.2) is 4.39 Å². The highest BCUT2D eigenvalue weighted by molar-refractivity contribution is 6.31. The number of hydrogen-bond acceptors (Lipinski definition) is 1. The van der Waals surface area contributed by atoms with Crippen LogP contribution in [0.1, 0.15) is 17.9 Å². The number of amides is 1. The van der Waals surface area contributed by atoms with Gasteiger partial charge in [-0.1, -0.05) is 41.9 Å². The number of nitrogens with one attached hydrogen (secondary N) is 1. The lowest BCUT2D eigenvalue weighted by Gasteiger charge is -2.06.